The van der Waals surface area contributed by atoms with Crippen molar-refractivity contribution in [3.8, 4) is 0 Å². The SMILES string of the molecule is CC1CC(C)CN(CCCN2C(=O)NC(C)(C)C2=O)C1. The lowest BCUT2D eigenvalue weighted by Crippen LogP contribution is -2.41. The molecule has 2 rings (SSSR count). The van der Waals surface area contributed by atoms with Crippen LogP contribution in [0.1, 0.15) is 40.5 Å². The fourth-order valence-corrected chi connectivity index (χ4v) is 3.45. The van der Waals surface area contributed by atoms with Gasteiger partial charge in [-0.3, -0.25) is 9.69 Å². The molecule has 0 spiro atoms. The van der Waals surface area contributed by atoms with Crippen LogP contribution in [0.15, 0.2) is 0 Å². The summed E-state index contributed by atoms with van der Waals surface area (Å²) in [6, 6.07) is -0.250. The van der Waals surface area contributed by atoms with Crippen LogP contribution in [0.25, 0.3) is 0 Å². The molecule has 114 valence electrons. The van der Waals surface area contributed by atoms with Gasteiger partial charge in [0.25, 0.3) is 5.91 Å². The summed E-state index contributed by atoms with van der Waals surface area (Å²) >= 11 is 0. The van der Waals surface area contributed by atoms with E-state index in [-0.39, 0.29) is 11.9 Å². The van der Waals surface area contributed by atoms with Gasteiger partial charge in [0.1, 0.15) is 5.54 Å². The third-order valence-corrected chi connectivity index (χ3v) is 4.24. The maximum Gasteiger partial charge on any atom is 0.325 e. The Morgan fingerprint density at radius 3 is 2.25 bits per heavy atom. The summed E-state index contributed by atoms with van der Waals surface area (Å²) in [5.74, 6) is 1.38. The number of hydrogen-bond acceptors (Lipinski definition) is 3. The van der Waals surface area contributed by atoms with Gasteiger partial charge in [0.2, 0.25) is 0 Å². The fraction of sp³-hybridized carbons (Fsp3) is 0.867. The minimum atomic E-state index is -0.745. The molecule has 2 fully saturated rings. The molecule has 0 radical (unpaired) electrons. The normalized spacial score (nSPS) is 30.7. The number of nitrogens with zero attached hydrogens (tertiary/aromatic N) is 2. The largest absolute Gasteiger partial charge is 0.325 e. The van der Waals surface area contributed by atoms with Crippen LogP contribution in [-0.4, -0.2) is 53.5 Å². The minimum absolute atomic E-state index is 0.108. The second kappa shape index (κ2) is 5.72. The number of piperidine rings is 1. The average Bonchev–Trinajstić information content (AvgIpc) is 2.49. The van der Waals surface area contributed by atoms with Crippen molar-refractivity contribution in [1.29, 1.82) is 0 Å². The number of imide groups is 1. The number of hydrogen-bond donors (Lipinski definition) is 1. The van der Waals surface area contributed by atoms with Gasteiger partial charge in [-0.05, 0) is 45.1 Å². The van der Waals surface area contributed by atoms with E-state index < -0.39 is 5.54 Å². The highest BCUT2D eigenvalue weighted by atomic mass is 16.2. The summed E-state index contributed by atoms with van der Waals surface area (Å²) < 4.78 is 0. The first kappa shape index (κ1) is 15.3. The van der Waals surface area contributed by atoms with Crippen LogP contribution in [0.5, 0.6) is 0 Å². The smallest absolute Gasteiger partial charge is 0.324 e. The molecule has 2 saturated heterocycles. The average molecular weight is 281 g/mol. The summed E-state index contributed by atoms with van der Waals surface area (Å²) in [5, 5.41) is 2.72. The first-order valence-electron chi connectivity index (χ1n) is 7.66. The number of rotatable bonds is 4. The molecule has 0 saturated carbocycles. The molecule has 0 aliphatic carbocycles. The Hall–Kier alpha value is -1.10. The first-order chi connectivity index (χ1) is 9.29. The van der Waals surface area contributed by atoms with Gasteiger partial charge in [0.05, 0.1) is 0 Å². The van der Waals surface area contributed by atoms with E-state index >= 15 is 0 Å². The standard InChI is InChI=1S/C15H27N3O2/c1-11-8-12(2)10-17(9-11)6-5-7-18-13(19)15(3,4)16-14(18)20/h11-12H,5-10H2,1-4H3,(H,16,20). The van der Waals surface area contributed by atoms with E-state index in [1.54, 1.807) is 13.8 Å². The molecule has 2 aliphatic rings. The second-order valence-corrected chi connectivity index (χ2v) is 7.07. The maximum atomic E-state index is 12.1. The number of nitrogens with one attached hydrogen (secondary N) is 1. The quantitative estimate of drug-likeness (QED) is 0.798. The van der Waals surface area contributed by atoms with Crippen molar-refractivity contribution in [3.63, 3.8) is 0 Å². The molecule has 0 aromatic carbocycles. The zero-order valence-electron chi connectivity index (χ0n) is 13.1. The van der Waals surface area contributed by atoms with Gasteiger partial charge in [-0.2, -0.15) is 0 Å². The Labute approximate surface area is 121 Å². The molecule has 3 amide bonds. The number of carbonyl (C=O) groups excluding carboxylic acids is 2. The van der Waals surface area contributed by atoms with E-state index in [1.807, 2.05) is 0 Å². The van der Waals surface area contributed by atoms with E-state index in [0.717, 1.165) is 37.9 Å². The van der Waals surface area contributed by atoms with Crippen molar-refractivity contribution in [1.82, 2.24) is 15.1 Å². The zero-order valence-corrected chi connectivity index (χ0v) is 13.1. The number of likely N-dealkylation sites (tertiary alicyclic amines) is 1. The predicted octanol–water partition coefficient (Wildman–Crippen LogP) is 1.68. The molecule has 2 aliphatic heterocycles. The van der Waals surface area contributed by atoms with Gasteiger partial charge >= 0.3 is 6.03 Å². The number of carbonyl (C=O) groups is 2. The molecule has 0 aromatic heterocycles. The van der Waals surface area contributed by atoms with Crippen molar-refractivity contribution in [2.45, 2.75) is 46.1 Å². The van der Waals surface area contributed by atoms with Crippen molar-refractivity contribution >= 4 is 11.9 Å². The molecule has 2 atom stereocenters. The molecule has 2 heterocycles. The molecular weight excluding hydrogens is 254 g/mol. The summed E-state index contributed by atoms with van der Waals surface area (Å²) in [6.07, 6.45) is 2.16. The third-order valence-electron chi connectivity index (χ3n) is 4.24. The van der Waals surface area contributed by atoms with E-state index in [1.165, 1.54) is 11.3 Å². The van der Waals surface area contributed by atoms with E-state index in [4.69, 9.17) is 0 Å². The van der Waals surface area contributed by atoms with E-state index in [2.05, 4.69) is 24.1 Å². The Kier molecular flexibility index (Phi) is 4.37. The van der Waals surface area contributed by atoms with Gasteiger partial charge in [0, 0.05) is 19.6 Å². The van der Waals surface area contributed by atoms with Crippen molar-refractivity contribution in [2.24, 2.45) is 11.8 Å². The summed E-state index contributed by atoms with van der Waals surface area (Å²) in [4.78, 5) is 27.6. The minimum Gasteiger partial charge on any atom is -0.324 e. The molecule has 2 unspecified atom stereocenters. The molecule has 0 aromatic rings. The lowest BCUT2D eigenvalue weighted by Gasteiger charge is -2.35. The van der Waals surface area contributed by atoms with Gasteiger partial charge < -0.3 is 10.2 Å². The highest BCUT2D eigenvalue weighted by Crippen LogP contribution is 2.21. The Morgan fingerprint density at radius 1 is 1.15 bits per heavy atom. The third kappa shape index (κ3) is 3.32. The van der Waals surface area contributed by atoms with Crippen LogP contribution < -0.4 is 5.32 Å². The van der Waals surface area contributed by atoms with Crippen molar-refractivity contribution < 1.29 is 9.59 Å². The second-order valence-electron chi connectivity index (χ2n) is 7.07. The maximum absolute atomic E-state index is 12.1. The Morgan fingerprint density at radius 2 is 1.75 bits per heavy atom. The monoisotopic (exact) mass is 281 g/mol. The van der Waals surface area contributed by atoms with Crippen LogP contribution in [0.3, 0.4) is 0 Å². The van der Waals surface area contributed by atoms with Crippen LogP contribution >= 0.6 is 0 Å². The first-order valence-corrected chi connectivity index (χ1v) is 7.66. The molecule has 20 heavy (non-hydrogen) atoms. The molecular formula is C15H27N3O2. The van der Waals surface area contributed by atoms with Crippen LogP contribution in [0.2, 0.25) is 0 Å². The summed E-state index contributed by atoms with van der Waals surface area (Å²) in [5.41, 5.74) is -0.745. The van der Waals surface area contributed by atoms with Crippen LogP contribution in [0.4, 0.5) is 4.79 Å². The van der Waals surface area contributed by atoms with Gasteiger partial charge in [-0.1, -0.05) is 13.8 Å². The number of amides is 3. The molecule has 0 bridgehead atoms. The van der Waals surface area contributed by atoms with Crippen molar-refractivity contribution in [2.75, 3.05) is 26.2 Å². The Balaban J connectivity index is 1.79. The van der Waals surface area contributed by atoms with E-state index in [0.29, 0.717) is 6.54 Å². The Bertz CT molecular complexity index is 385. The highest BCUT2D eigenvalue weighted by molar-refractivity contribution is 6.06. The lowest BCUT2D eigenvalue weighted by molar-refractivity contribution is -0.130. The van der Waals surface area contributed by atoms with Gasteiger partial charge in [0.15, 0.2) is 0 Å². The zero-order chi connectivity index (χ0) is 14.9. The van der Waals surface area contributed by atoms with Crippen LogP contribution in [-0.2, 0) is 4.79 Å². The lowest BCUT2D eigenvalue weighted by atomic mass is 9.92. The molecule has 5 nitrogen and oxygen atoms in total. The van der Waals surface area contributed by atoms with E-state index in [9.17, 15) is 9.59 Å². The van der Waals surface area contributed by atoms with Crippen LogP contribution in [0, 0.1) is 11.8 Å². The fourth-order valence-electron chi connectivity index (χ4n) is 3.45. The topological polar surface area (TPSA) is 52.6 Å². The summed E-state index contributed by atoms with van der Waals surface area (Å²) in [7, 11) is 0. The highest BCUT2D eigenvalue weighted by Gasteiger charge is 2.43. The summed E-state index contributed by atoms with van der Waals surface area (Å²) in [6.45, 7) is 11.8. The molecule has 5 heteroatoms. The van der Waals surface area contributed by atoms with Crippen molar-refractivity contribution in [3.05, 3.63) is 0 Å². The molecule has 1 N–H and O–H groups in total. The predicted molar refractivity (Wildman–Crippen MR) is 78.3 cm³/mol. The van der Waals surface area contributed by atoms with Gasteiger partial charge in [-0.25, -0.2) is 4.79 Å². The number of urea groups is 1. The van der Waals surface area contributed by atoms with Gasteiger partial charge in [-0.15, -0.1) is 0 Å².